The van der Waals surface area contributed by atoms with Crippen molar-refractivity contribution in [1.29, 1.82) is 0 Å². The van der Waals surface area contributed by atoms with Crippen LogP contribution in [-0.4, -0.2) is 11.6 Å². The molecule has 0 N–H and O–H groups in total. The summed E-state index contributed by atoms with van der Waals surface area (Å²) in [6.07, 6.45) is 0. The Hall–Kier alpha value is -5.07. The summed E-state index contributed by atoms with van der Waals surface area (Å²) in [5.41, 5.74) is 5.13. The zero-order valence-corrected chi connectivity index (χ0v) is 25.7. The highest BCUT2D eigenvalue weighted by molar-refractivity contribution is 14.1. The van der Waals surface area contributed by atoms with Crippen LogP contribution < -0.4 is 4.90 Å². The lowest BCUT2D eigenvalue weighted by Gasteiger charge is -2.27. The molecule has 0 aliphatic heterocycles. The summed E-state index contributed by atoms with van der Waals surface area (Å²) in [5, 5.41) is 6.65. The van der Waals surface area contributed by atoms with Crippen LogP contribution in [0.3, 0.4) is 0 Å². The van der Waals surface area contributed by atoms with Gasteiger partial charge in [-0.15, -0.1) is 0 Å². The van der Waals surface area contributed by atoms with Gasteiger partial charge in [-0.3, -0.25) is 9.59 Å². The van der Waals surface area contributed by atoms with E-state index in [2.05, 4.69) is 106 Å². The fourth-order valence-corrected chi connectivity index (χ4v) is 7.16. The summed E-state index contributed by atoms with van der Waals surface area (Å²) in [4.78, 5) is 29.4. The summed E-state index contributed by atoms with van der Waals surface area (Å²) in [5.74, 6) is -0.421. The van der Waals surface area contributed by atoms with Gasteiger partial charge in [-0.05, 0) is 97.6 Å². The molecule has 1 aliphatic carbocycles. The van der Waals surface area contributed by atoms with Crippen molar-refractivity contribution in [1.82, 2.24) is 0 Å². The third-order valence-electron chi connectivity index (χ3n) is 8.43. The Morgan fingerprint density at radius 1 is 0.477 bits per heavy atom. The van der Waals surface area contributed by atoms with Gasteiger partial charge in [-0.1, -0.05) is 103 Å². The zero-order valence-electron chi connectivity index (χ0n) is 23.5. The van der Waals surface area contributed by atoms with Gasteiger partial charge in [0, 0.05) is 31.5 Å². The molecule has 7 aromatic carbocycles. The van der Waals surface area contributed by atoms with Crippen molar-refractivity contribution >= 4 is 87.1 Å². The summed E-state index contributed by atoms with van der Waals surface area (Å²) in [6, 6.07) is 49.2. The smallest absolute Gasteiger partial charge is 0.198 e. The molecule has 0 saturated carbocycles. The third kappa shape index (κ3) is 4.25. The Morgan fingerprint density at radius 3 is 1.61 bits per heavy atom. The third-order valence-corrected chi connectivity index (χ3v) is 9.59. The minimum Gasteiger partial charge on any atom is -0.310 e. The van der Waals surface area contributed by atoms with Crippen LogP contribution in [0.2, 0.25) is 0 Å². The van der Waals surface area contributed by atoms with E-state index in [1.165, 1.54) is 16.2 Å². The Bertz CT molecular complexity index is 2260. The van der Waals surface area contributed by atoms with E-state index in [9.17, 15) is 9.59 Å². The number of ketones is 2. The maximum atomic E-state index is 13.6. The van der Waals surface area contributed by atoms with E-state index in [0.29, 0.717) is 14.7 Å². The molecule has 3 nitrogen and oxygen atoms in total. The van der Waals surface area contributed by atoms with Gasteiger partial charge in [0.1, 0.15) is 0 Å². The molecule has 0 heterocycles. The molecular weight excluding hydrogens is 653 g/mol. The first-order chi connectivity index (χ1) is 21.6. The molecule has 0 radical (unpaired) electrons. The zero-order chi connectivity index (χ0) is 29.8. The maximum Gasteiger partial charge on any atom is 0.198 e. The molecule has 4 heteroatoms. The number of hydrogen-bond acceptors (Lipinski definition) is 3. The van der Waals surface area contributed by atoms with E-state index in [1.54, 1.807) is 0 Å². The van der Waals surface area contributed by atoms with Gasteiger partial charge in [0.05, 0.1) is 11.3 Å². The van der Waals surface area contributed by atoms with Crippen LogP contribution in [-0.2, 0) is 0 Å². The van der Waals surface area contributed by atoms with Gasteiger partial charge < -0.3 is 4.90 Å². The van der Waals surface area contributed by atoms with Gasteiger partial charge >= 0.3 is 0 Å². The molecule has 0 bridgehead atoms. The van der Waals surface area contributed by atoms with Crippen LogP contribution in [0.4, 0.5) is 17.1 Å². The second-order valence-corrected chi connectivity index (χ2v) is 12.1. The van der Waals surface area contributed by atoms with Crippen molar-refractivity contribution in [3.05, 3.63) is 168 Å². The fraction of sp³-hybridized carbons (Fsp3) is 0. The first kappa shape index (κ1) is 26.5. The molecule has 1 aliphatic rings. The molecule has 0 fully saturated rings. The van der Waals surface area contributed by atoms with Crippen molar-refractivity contribution in [2.45, 2.75) is 0 Å². The minimum absolute atomic E-state index is 0.210. The van der Waals surface area contributed by atoms with Gasteiger partial charge in [-0.2, -0.15) is 0 Å². The normalized spacial score (nSPS) is 12.7. The number of benzene rings is 7. The van der Waals surface area contributed by atoms with Crippen molar-refractivity contribution in [2.75, 3.05) is 4.90 Å². The average Bonchev–Trinajstić information content (AvgIpc) is 3.32. The maximum absolute atomic E-state index is 13.6. The van der Waals surface area contributed by atoms with E-state index >= 15 is 0 Å². The number of anilines is 3. The van der Waals surface area contributed by atoms with Crippen molar-refractivity contribution in [3.8, 4) is 0 Å². The predicted molar refractivity (Wildman–Crippen MR) is 190 cm³/mol. The lowest BCUT2D eigenvalue weighted by molar-refractivity contribution is 0.0990. The van der Waals surface area contributed by atoms with E-state index in [-0.39, 0.29) is 17.1 Å². The SMILES string of the molecule is O=C1C(=C(I)c2ccc(N(c3ccccc3)c3cc4ccccc4c4ccccc34)cc2)C(=O)c2cc3ccccc3cc21. The summed E-state index contributed by atoms with van der Waals surface area (Å²) < 4.78 is 0.659. The molecule has 0 spiro atoms. The van der Waals surface area contributed by atoms with Crippen LogP contribution in [0.15, 0.2) is 151 Å². The monoisotopic (exact) mass is 677 g/mol. The average molecular weight is 678 g/mol. The number of nitrogens with zero attached hydrogens (tertiary/aromatic N) is 1. The van der Waals surface area contributed by atoms with Crippen molar-refractivity contribution in [2.24, 2.45) is 0 Å². The first-order valence-corrected chi connectivity index (χ1v) is 15.5. The van der Waals surface area contributed by atoms with E-state index in [0.717, 1.165) is 38.8 Å². The number of carbonyl (C=O) groups excluding carboxylic acids is 2. The number of rotatable bonds is 4. The van der Waals surface area contributed by atoms with Crippen LogP contribution in [0.1, 0.15) is 26.3 Å². The first-order valence-electron chi connectivity index (χ1n) is 14.5. The van der Waals surface area contributed by atoms with Gasteiger partial charge in [0.25, 0.3) is 0 Å². The molecule has 208 valence electrons. The summed E-state index contributed by atoms with van der Waals surface area (Å²) in [7, 11) is 0. The topological polar surface area (TPSA) is 37.4 Å². The second kappa shape index (κ2) is 10.6. The fourth-order valence-electron chi connectivity index (χ4n) is 6.31. The highest BCUT2D eigenvalue weighted by atomic mass is 127. The molecule has 0 aromatic heterocycles. The molecular formula is C40H24INO2. The lowest BCUT2D eigenvalue weighted by Crippen LogP contribution is -2.10. The van der Waals surface area contributed by atoms with E-state index in [4.69, 9.17) is 0 Å². The van der Waals surface area contributed by atoms with Crippen LogP contribution >= 0.6 is 22.6 Å². The Morgan fingerprint density at radius 2 is 0.977 bits per heavy atom. The van der Waals surface area contributed by atoms with Crippen LogP contribution in [0.25, 0.3) is 35.9 Å². The van der Waals surface area contributed by atoms with Gasteiger partial charge in [-0.25, -0.2) is 0 Å². The lowest BCUT2D eigenvalue weighted by atomic mass is 9.99. The number of para-hydroxylation sites is 1. The van der Waals surface area contributed by atoms with Gasteiger partial charge in [0.2, 0.25) is 0 Å². The number of hydrogen-bond donors (Lipinski definition) is 0. The standard InChI is InChI=1S/C40H24INO2/c41-38(37-39(43)34-22-26-10-4-5-11-27(26)23-35(34)40(37)44)25-18-20-30(21-19-25)42(29-13-2-1-3-14-29)36-24-28-12-6-7-15-31(28)32-16-8-9-17-33(32)36/h1-24H. The van der Waals surface area contributed by atoms with E-state index < -0.39 is 0 Å². The van der Waals surface area contributed by atoms with Crippen molar-refractivity contribution < 1.29 is 9.59 Å². The molecule has 44 heavy (non-hydrogen) atoms. The van der Waals surface area contributed by atoms with Crippen molar-refractivity contribution in [3.63, 3.8) is 0 Å². The minimum atomic E-state index is -0.210. The quantitative estimate of drug-likeness (QED) is 0.0806. The highest BCUT2D eigenvalue weighted by Gasteiger charge is 2.35. The molecule has 0 unspecified atom stereocenters. The number of carbonyl (C=O) groups is 2. The molecule has 0 saturated heterocycles. The molecule has 0 atom stereocenters. The Kier molecular flexibility index (Phi) is 6.38. The molecule has 0 amide bonds. The largest absolute Gasteiger partial charge is 0.310 e. The van der Waals surface area contributed by atoms with Gasteiger partial charge in [0.15, 0.2) is 11.6 Å². The molecule has 8 rings (SSSR count). The number of halogens is 1. The summed E-state index contributed by atoms with van der Waals surface area (Å²) >= 11 is 2.16. The number of fused-ring (bicyclic) bond motifs is 5. The van der Waals surface area contributed by atoms with Crippen LogP contribution in [0.5, 0.6) is 0 Å². The molecule has 7 aromatic rings. The summed E-state index contributed by atoms with van der Waals surface area (Å²) in [6.45, 7) is 0. The Labute approximate surface area is 268 Å². The Balaban J connectivity index is 1.25. The highest BCUT2D eigenvalue weighted by Crippen LogP contribution is 2.43. The number of allylic oxidation sites excluding steroid dienone is 1. The second-order valence-electron chi connectivity index (χ2n) is 11.0. The van der Waals surface area contributed by atoms with Crippen LogP contribution in [0, 0.1) is 0 Å². The van der Waals surface area contributed by atoms with E-state index in [1.807, 2.05) is 66.7 Å². The number of Topliss-reactive ketones (excluding diaryl/α,β-unsaturated/α-hetero) is 2. The predicted octanol–water partition coefficient (Wildman–Crippen LogP) is 10.8.